The Bertz CT molecular complexity index is 355. The minimum atomic E-state index is -0.680. The summed E-state index contributed by atoms with van der Waals surface area (Å²) in [5.74, 6) is -1.89. The molecular weight excluding hydrogens is 212 g/mol. The van der Waals surface area contributed by atoms with E-state index >= 15 is 0 Å². The fraction of sp³-hybridized carbons (Fsp3) is 0.417. The van der Waals surface area contributed by atoms with Gasteiger partial charge in [0, 0.05) is 24.4 Å². The molecule has 16 heavy (non-hydrogen) atoms. The molecule has 1 aromatic carbocycles. The first kappa shape index (κ1) is 12.8. The third-order valence-corrected chi connectivity index (χ3v) is 2.65. The van der Waals surface area contributed by atoms with Gasteiger partial charge >= 0.3 is 0 Å². The standard InChI is InChI=1S/C12H15F2NO/c1-2-8(7-15)12(16)6-9-10(13)4-3-5-11(9)14/h3-5,8H,2,6-7,15H2,1H3. The Morgan fingerprint density at radius 2 is 1.94 bits per heavy atom. The van der Waals surface area contributed by atoms with Crippen molar-refractivity contribution >= 4 is 5.78 Å². The largest absolute Gasteiger partial charge is 0.330 e. The van der Waals surface area contributed by atoms with E-state index in [9.17, 15) is 13.6 Å². The van der Waals surface area contributed by atoms with Crippen molar-refractivity contribution in [1.29, 1.82) is 0 Å². The summed E-state index contributed by atoms with van der Waals surface area (Å²) in [5, 5.41) is 0. The van der Waals surface area contributed by atoms with Crippen LogP contribution in [-0.2, 0) is 11.2 Å². The summed E-state index contributed by atoms with van der Waals surface area (Å²) in [6.45, 7) is 2.04. The zero-order valence-corrected chi connectivity index (χ0v) is 9.17. The lowest BCUT2D eigenvalue weighted by molar-refractivity contribution is -0.122. The number of ketones is 1. The average molecular weight is 227 g/mol. The topological polar surface area (TPSA) is 43.1 Å². The van der Waals surface area contributed by atoms with Crippen LogP contribution in [0.25, 0.3) is 0 Å². The van der Waals surface area contributed by atoms with Gasteiger partial charge in [-0.15, -0.1) is 0 Å². The van der Waals surface area contributed by atoms with Gasteiger partial charge in [-0.2, -0.15) is 0 Å². The molecule has 0 aromatic heterocycles. The number of rotatable bonds is 5. The molecule has 0 saturated carbocycles. The minimum absolute atomic E-state index is 0.167. The molecule has 0 amide bonds. The molecule has 0 aliphatic heterocycles. The normalized spacial score (nSPS) is 12.5. The van der Waals surface area contributed by atoms with Gasteiger partial charge in [-0.1, -0.05) is 13.0 Å². The molecule has 4 heteroatoms. The average Bonchev–Trinajstić information content (AvgIpc) is 2.25. The molecule has 0 spiro atoms. The highest BCUT2D eigenvalue weighted by molar-refractivity contribution is 5.83. The summed E-state index contributed by atoms with van der Waals surface area (Å²) in [4.78, 5) is 11.7. The first-order valence-corrected chi connectivity index (χ1v) is 5.25. The third kappa shape index (κ3) is 2.85. The maximum atomic E-state index is 13.3. The van der Waals surface area contributed by atoms with Crippen LogP contribution in [0.5, 0.6) is 0 Å². The van der Waals surface area contributed by atoms with Crippen LogP contribution in [0, 0.1) is 17.6 Å². The number of nitrogens with two attached hydrogens (primary N) is 1. The monoisotopic (exact) mass is 227 g/mol. The number of benzene rings is 1. The molecule has 1 unspecified atom stereocenters. The Hall–Kier alpha value is -1.29. The van der Waals surface area contributed by atoms with Gasteiger partial charge in [0.25, 0.3) is 0 Å². The molecular formula is C12H15F2NO. The quantitative estimate of drug-likeness (QED) is 0.836. The van der Waals surface area contributed by atoms with Gasteiger partial charge in [-0.25, -0.2) is 8.78 Å². The van der Waals surface area contributed by atoms with Crippen LogP contribution in [0.2, 0.25) is 0 Å². The van der Waals surface area contributed by atoms with Crippen LogP contribution in [-0.4, -0.2) is 12.3 Å². The minimum Gasteiger partial charge on any atom is -0.330 e. The van der Waals surface area contributed by atoms with E-state index in [2.05, 4.69) is 0 Å². The van der Waals surface area contributed by atoms with Crippen LogP contribution >= 0.6 is 0 Å². The highest BCUT2D eigenvalue weighted by Gasteiger charge is 2.18. The van der Waals surface area contributed by atoms with Crippen molar-refractivity contribution in [2.75, 3.05) is 6.54 Å². The van der Waals surface area contributed by atoms with E-state index in [0.717, 1.165) is 12.1 Å². The molecule has 1 rings (SSSR count). The number of halogens is 2. The third-order valence-electron chi connectivity index (χ3n) is 2.65. The molecule has 0 aliphatic rings. The zero-order chi connectivity index (χ0) is 12.1. The molecule has 2 N–H and O–H groups in total. The molecule has 2 nitrogen and oxygen atoms in total. The fourth-order valence-corrected chi connectivity index (χ4v) is 1.55. The number of Topliss-reactive ketones (excluding diaryl/α,β-unsaturated/α-hetero) is 1. The van der Waals surface area contributed by atoms with Gasteiger partial charge < -0.3 is 5.73 Å². The zero-order valence-electron chi connectivity index (χ0n) is 9.17. The van der Waals surface area contributed by atoms with Crippen LogP contribution in [0.3, 0.4) is 0 Å². The van der Waals surface area contributed by atoms with Crippen molar-refractivity contribution in [3.8, 4) is 0 Å². The van der Waals surface area contributed by atoms with E-state index in [1.807, 2.05) is 6.92 Å². The van der Waals surface area contributed by atoms with Crippen LogP contribution in [0.15, 0.2) is 18.2 Å². The highest BCUT2D eigenvalue weighted by Crippen LogP contribution is 2.15. The lowest BCUT2D eigenvalue weighted by Crippen LogP contribution is -2.25. The van der Waals surface area contributed by atoms with E-state index < -0.39 is 11.6 Å². The summed E-state index contributed by atoms with van der Waals surface area (Å²) in [6.07, 6.45) is 0.361. The molecule has 0 heterocycles. The van der Waals surface area contributed by atoms with Crippen molar-refractivity contribution in [2.45, 2.75) is 19.8 Å². The second-order valence-corrected chi connectivity index (χ2v) is 3.68. The lowest BCUT2D eigenvalue weighted by atomic mass is 9.95. The summed E-state index contributed by atoms with van der Waals surface area (Å²) < 4.78 is 26.5. The van der Waals surface area contributed by atoms with Gasteiger partial charge in [-0.3, -0.25) is 4.79 Å². The summed E-state index contributed by atoms with van der Waals surface area (Å²) >= 11 is 0. The number of hydrogen-bond acceptors (Lipinski definition) is 2. The fourth-order valence-electron chi connectivity index (χ4n) is 1.55. The van der Waals surface area contributed by atoms with Gasteiger partial charge in [0.2, 0.25) is 0 Å². The van der Waals surface area contributed by atoms with Gasteiger partial charge in [0.05, 0.1) is 0 Å². The molecule has 0 bridgehead atoms. The van der Waals surface area contributed by atoms with Gasteiger partial charge in [0.15, 0.2) is 0 Å². The first-order chi connectivity index (χ1) is 7.60. The summed E-state index contributed by atoms with van der Waals surface area (Å²) in [6, 6.07) is 3.57. The SMILES string of the molecule is CCC(CN)C(=O)Cc1c(F)cccc1F. The Kier molecular flexibility index (Phi) is 4.55. The van der Waals surface area contributed by atoms with Gasteiger partial charge in [-0.05, 0) is 18.6 Å². The molecule has 1 atom stereocenters. The second kappa shape index (κ2) is 5.70. The van der Waals surface area contributed by atoms with E-state index in [1.165, 1.54) is 6.07 Å². The number of carbonyl (C=O) groups excluding carboxylic acids is 1. The predicted molar refractivity (Wildman–Crippen MR) is 57.9 cm³/mol. The van der Waals surface area contributed by atoms with Crippen molar-refractivity contribution in [3.63, 3.8) is 0 Å². The van der Waals surface area contributed by atoms with Crippen molar-refractivity contribution in [2.24, 2.45) is 11.7 Å². The van der Waals surface area contributed by atoms with Crippen molar-refractivity contribution in [1.82, 2.24) is 0 Å². The Morgan fingerprint density at radius 3 is 2.38 bits per heavy atom. The van der Waals surface area contributed by atoms with Crippen LogP contribution in [0.1, 0.15) is 18.9 Å². The maximum Gasteiger partial charge on any atom is 0.141 e. The first-order valence-electron chi connectivity index (χ1n) is 5.25. The molecule has 0 fully saturated rings. The smallest absolute Gasteiger partial charge is 0.141 e. The van der Waals surface area contributed by atoms with E-state index in [1.54, 1.807) is 0 Å². The summed E-state index contributed by atoms with van der Waals surface area (Å²) in [5.41, 5.74) is 5.24. The predicted octanol–water partition coefficient (Wildman–Crippen LogP) is 2.06. The molecule has 0 saturated heterocycles. The van der Waals surface area contributed by atoms with Crippen LogP contribution < -0.4 is 5.73 Å². The molecule has 0 aliphatic carbocycles. The van der Waals surface area contributed by atoms with Crippen LogP contribution in [0.4, 0.5) is 8.78 Å². The van der Waals surface area contributed by atoms with Gasteiger partial charge in [0.1, 0.15) is 17.4 Å². The van der Waals surface area contributed by atoms with Crippen molar-refractivity contribution < 1.29 is 13.6 Å². The second-order valence-electron chi connectivity index (χ2n) is 3.68. The Labute approximate surface area is 93.5 Å². The van der Waals surface area contributed by atoms with E-state index in [0.29, 0.717) is 6.42 Å². The van der Waals surface area contributed by atoms with E-state index in [4.69, 9.17) is 5.73 Å². The maximum absolute atomic E-state index is 13.3. The summed E-state index contributed by atoms with van der Waals surface area (Å²) in [7, 11) is 0. The van der Waals surface area contributed by atoms with E-state index in [-0.39, 0.29) is 30.2 Å². The van der Waals surface area contributed by atoms with Crippen molar-refractivity contribution in [3.05, 3.63) is 35.4 Å². The molecule has 1 aromatic rings. The lowest BCUT2D eigenvalue weighted by Gasteiger charge is -2.11. The Balaban J connectivity index is 2.84. The highest BCUT2D eigenvalue weighted by atomic mass is 19.1. The Morgan fingerprint density at radius 1 is 1.38 bits per heavy atom. The number of hydrogen-bond donors (Lipinski definition) is 1. The number of carbonyl (C=O) groups is 1. The molecule has 88 valence electrons. The molecule has 0 radical (unpaired) electrons.